The average Bonchev–Trinajstić information content (AvgIpc) is 3.41. The number of hydrogen-bond acceptors (Lipinski definition) is 1. The van der Waals surface area contributed by atoms with Crippen LogP contribution in [0, 0.1) is 6.92 Å². The van der Waals surface area contributed by atoms with Crippen molar-refractivity contribution in [3.63, 3.8) is 0 Å². The molecule has 1 aliphatic carbocycles. The standard InChI is InChI=1S/C29H35N3/c1-4-9-25(22-11-8-10-21(2)18-22)27-20-32(24-12-6-5-7-13-24)29-15-14-23(19-26(27)29)28-16-17-30-31(28)3/h8,10-11,14-20,24-25H,4-7,9,12-13H2,1-3H3. The molecule has 2 aromatic heterocycles. The van der Waals surface area contributed by atoms with Crippen LogP contribution in [0.25, 0.3) is 22.2 Å². The minimum Gasteiger partial charge on any atom is -0.344 e. The van der Waals surface area contributed by atoms with E-state index in [-0.39, 0.29) is 0 Å². The average molecular weight is 426 g/mol. The number of nitrogens with zero attached hydrogens (tertiary/aromatic N) is 3. The molecule has 0 N–H and O–H groups in total. The summed E-state index contributed by atoms with van der Waals surface area (Å²) in [7, 11) is 2.03. The van der Waals surface area contributed by atoms with E-state index in [9.17, 15) is 0 Å². The molecule has 0 amide bonds. The zero-order chi connectivity index (χ0) is 22.1. The smallest absolute Gasteiger partial charge is 0.0679 e. The Morgan fingerprint density at radius 2 is 1.88 bits per heavy atom. The van der Waals surface area contributed by atoms with E-state index in [0.717, 1.165) is 0 Å². The van der Waals surface area contributed by atoms with Gasteiger partial charge in [0.1, 0.15) is 0 Å². The van der Waals surface area contributed by atoms with Gasteiger partial charge in [0.25, 0.3) is 0 Å². The van der Waals surface area contributed by atoms with Crippen molar-refractivity contribution in [3.05, 3.63) is 77.6 Å². The van der Waals surface area contributed by atoms with Crippen molar-refractivity contribution in [1.29, 1.82) is 0 Å². The molecule has 1 aliphatic rings. The lowest BCUT2D eigenvalue weighted by Crippen LogP contribution is -2.11. The molecule has 0 spiro atoms. The lowest BCUT2D eigenvalue weighted by molar-refractivity contribution is 0.360. The van der Waals surface area contributed by atoms with Crippen LogP contribution in [0.15, 0.2) is 60.9 Å². The summed E-state index contributed by atoms with van der Waals surface area (Å²) in [4.78, 5) is 0. The molecule has 0 bridgehead atoms. The lowest BCUT2D eigenvalue weighted by atomic mass is 9.86. The quantitative estimate of drug-likeness (QED) is 0.309. The van der Waals surface area contributed by atoms with E-state index in [1.807, 2.05) is 17.9 Å². The maximum atomic E-state index is 4.41. The Labute approximate surface area is 192 Å². The summed E-state index contributed by atoms with van der Waals surface area (Å²) in [6.45, 7) is 4.52. The minimum atomic E-state index is 0.425. The maximum Gasteiger partial charge on any atom is 0.0679 e. The number of rotatable bonds is 6. The van der Waals surface area contributed by atoms with Gasteiger partial charge in [-0.3, -0.25) is 4.68 Å². The van der Waals surface area contributed by atoms with Crippen molar-refractivity contribution in [2.45, 2.75) is 70.8 Å². The monoisotopic (exact) mass is 425 g/mol. The summed E-state index contributed by atoms with van der Waals surface area (Å²) >= 11 is 0. The predicted molar refractivity (Wildman–Crippen MR) is 134 cm³/mol. The van der Waals surface area contributed by atoms with Crippen LogP contribution in [0.1, 0.15) is 80.5 Å². The molecule has 32 heavy (non-hydrogen) atoms. The molecule has 0 radical (unpaired) electrons. The largest absolute Gasteiger partial charge is 0.344 e. The van der Waals surface area contributed by atoms with Crippen LogP contribution in [0.4, 0.5) is 0 Å². The SMILES string of the molecule is CCCC(c1cccc(C)c1)c1cn(C2CCCCC2)c2ccc(-c3ccnn3C)cc12. The number of benzene rings is 2. The van der Waals surface area contributed by atoms with Crippen molar-refractivity contribution in [1.82, 2.24) is 14.3 Å². The molecule has 1 saturated carbocycles. The van der Waals surface area contributed by atoms with E-state index in [0.29, 0.717) is 12.0 Å². The van der Waals surface area contributed by atoms with E-state index in [1.54, 1.807) is 0 Å². The molecular formula is C29H35N3. The summed E-state index contributed by atoms with van der Waals surface area (Å²) in [6, 6.07) is 18.9. The van der Waals surface area contributed by atoms with Crippen LogP contribution < -0.4 is 0 Å². The topological polar surface area (TPSA) is 22.8 Å². The van der Waals surface area contributed by atoms with Gasteiger partial charge in [-0.2, -0.15) is 5.10 Å². The third-order valence-corrected chi connectivity index (χ3v) is 7.35. The van der Waals surface area contributed by atoms with Crippen molar-refractivity contribution >= 4 is 10.9 Å². The van der Waals surface area contributed by atoms with Gasteiger partial charge in [0.15, 0.2) is 0 Å². The molecular weight excluding hydrogens is 390 g/mol. The molecule has 1 atom stereocenters. The third kappa shape index (κ3) is 3.90. The summed E-state index contributed by atoms with van der Waals surface area (Å²) in [5, 5.41) is 5.82. The molecule has 0 saturated heterocycles. The summed E-state index contributed by atoms with van der Waals surface area (Å²) in [5.41, 5.74) is 8.09. The van der Waals surface area contributed by atoms with Crippen LogP contribution in [0.3, 0.4) is 0 Å². The van der Waals surface area contributed by atoms with E-state index in [1.165, 1.54) is 83.8 Å². The number of hydrogen-bond donors (Lipinski definition) is 0. The highest BCUT2D eigenvalue weighted by Crippen LogP contribution is 2.40. The van der Waals surface area contributed by atoms with Crippen LogP contribution in [0.2, 0.25) is 0 Å². The molecule has 4 aromatic rings. The molecule has 0 aliphatic heterocycles. The van der Waals surface area contributed by atoms with Gasteiger partial charge in [-0.05, 0) is 55.5 Å². The summed E-state index contributed by atoms with van der Waals surface area (Å²) < 4.78 is 4.60. The van der Waals surface area contributed by atoms with Crippen LogP contribution in [0.5, 0.6) is 0 Å². The van der Waals surface area contributed by atoms with Crippen molar-refractivity contribution in [2.75, 3.05) is 0 Å². The molecule has 1 fully saturated rings. The Kier molecular flexibility index (Phi) is 5.91. The van der Waals surface area contributed by atoms with E-state index in [4.69, 9.17) is 0 Å². The first-order valence-electron chi connectivity index (χ1n) is 12.3. The van der Waals surface area contributed by atoms with Gasteiger partial charge < -0.3 is 4.57 Å². The highest BCUT2D eigenvalue weighted by atomic mass is 15.3. The number of aromatic nitrogens is 3. The third-order valence-electron chi connectivity index (χ3n) is 7.35. The molecule has 3 heteroatoms. The Hall–Kier alpha value is -2.81. The summed E-state index contributed by atoms with van der Waals surface area (Å²) in [5.74, 6) is 0.425. The van der Waals surface area contributed by atoms with Crippen LogP contribution >= 0.6 is 0 Å². The van der Waals surface area contributed by atoms with Crippen LogP contribution in [-0.4, -0.2) is 14.3 Å². The number of fused-ring (bicyclic) bond motifs is 1. The number of aryl methyl sites for hydroxylation is 2. The van der Waals surface area contributed by atoms with Gasteiger partial charge in [0.05, 0.1) is 5.69 Å². The molecule has 2 heterocycles. The van der Waals surface area contributed by atoms with Crippen LogP contribution in [-0.2, 0) is 7.05 Å². The van der Waals surface area contributed by atoms with Gasteiger partial charge >= 0.3 is 0 Å². The zero-order valence-electron chi connectivity index (χ0n) is 19.7. The lowest BCUT2D eigenvalue weighted by Gasteiger charge is -2.24. The van der Waals surface area contributed by atoms with E-state index >= 15 is 0 Å². The van der Waals surface area contributed by atoms with Crippen molar-refractivity contribution in [2.24, 2.45) is 7.05 Å². The molecule has 5 rings (SSSR count). The van der Waals surface area contributed by atoms with E-state index in [2.05, 4.69) is 78.2 Å². The Morgan fingerprint density at radius 3 is 2.59 bits per heavy atom. The Balaban J connectivity index is 1.70. The van der Waals surface area contributed by atoms with Gasteiger partial charge in [-0.15, -0.1) is 0 Å². The second-order valence-electron chi connectivity index (χ2n) is 9.61. The van der Waals surface area contributed by atoms with E-state index < -0.39 is 0 Å². The first-order valence-corrected chi connectivity index (χ1v) is 12.3. The molecule has 166 valence electrons. The maximum absolute atomic E-state index is 4.41. The molecule has 1 unspecified atom stereocenters. The van der Waals surface area contributed by atoms with Gasteiger partial charge in [-0.25, -0.2) is 0 Å². The molecule has 2 aromatic carbocycles. The fourth-order valence-electron chi connectivity index (χ4n) is 5.71. The molecule has 3 nitrogen and oxygen atoms in total. The highest BCUT2D eigenvalue weighted by molar-refractivity contribution is 5.89. The second kappa shape index (κ2) is 8.97. The fraction of sp³-hybridized carbons (Fsp3) is 0.414. The highest BCUT2D eigenvalue weighted by Gasteiger charge is 2.24. The zero-order valence-corrected chi connectivity index (χ0v) is 19.7. The van der Waals surface area contributed by atoms with Gasteiger partial charge in [0, 0.05) is 47.9 Å². The first kappa shape index (κ1) is 21.1. The summed E-state index contributed by atoms with van der Waals surface area (Å²) in [6.07, 6.45) is 13.4. The van der Waals surface area contributed by atoms with Crippen molar-refractivity contribution < 1.29 is 0 Å². The first-order chi connectivity index (χ1) is 15.7. The van der Waals surface area contributed by atoms with Gasteiger partial charge in [-0.1, -0.05) is 68.5 Å². The fourth-order valence-corrected chi connectivity index (χ4v) is 5.71. The second-order valence-corrected chi connectivity index (χ2v) is 9.61. The Morgan fingerprint density at radius 1 is 1.03 bits per heavy atom. The minimum absolute atomic E-state index is 0.425. The Bertz CT molecular complexity index is 1210. The normalized spacial score (nSPS) is 16.0. The van der Waals surface area contributed by atoms with Gasteiger partial charge in [0.2, 0.25) is 0 Å². The predicted octanol–water partition coefficient (Wildman–Crippen LogP) is 7.79. The van der Waals surface area contributed by atoms with Crippen molar-refractivity contribution in [3.8, 4) is 11.3 Å².